The molecule has 3 heteroatoms. The molecule has 0 bridgehead atoms. The van der Waals surface area contributed by atoms with E-state index in [4.69, 9.17) is 4.74 Å². The van der Waals surface area contributed by atoms with Crippen molar-refractivity contribution in [3.63, 3.8) is 0 Å². The first kappa shape index (κ1) is 11.2. The van der Waals surface area contributed by atoms with Crippen LogP contribution in [0.3, 0.4) is 0 Å². The van der Waals surface area contributed by atoms with E-state index in [9.17, 15) is 4.79 Å². The predicted octanol–water partition coefficient (Wildman–Crippen LogP) is 1.64. The molecule has 0 radical (unpaired) electrons. The quantitative estimate of drug-likeness (QED) is 0.550. The third kappa shape index (κ3) is 4.42. The van der Waals surface area contributed by atoms with E-state index in [1.165, 1.54) is 0 Å². The van der Waals surface area contributed by atoms with Gasteiger partial charge in [-0.15, -0.1) is 0 Å². The van der Waals surface area contributed by atoms with Gasteiger partial charge in [0.1, 0.15) is 0 Å². The van der Waals surface area contributed by atoms with Crippen molar-refractivity contribution in [3.05, 3.63) is 12.2 Å². The molecule has 1 N–H and O–H groups in total. The van der Waals surface area contributed by atoms with E-state index in [1.54, 1.807) is 0 Å². The lowest BCUT2D eigenvalue weighted by atomic mass is 10.0. The summed E-state index contributed by atoms with van der Waals surface area (Å²) in [5.41, 5.74) is 0. The van der Waals surface area contributed by atoms with Crippen molar-refractivity contribution in [2.24, 2.45) is 0 Å². The molecule has 1 rings (SSSR count). The van der Waals surface area contributed by atoms with Crippen molar-refractivity contribution < 1.29 is 9.53 Å². The van der Waals surface area contributed by atoms with Gasteiger partial charge in [-0.25, -0.2) is 0 Å². The number of carbonyl (C=O) groups excluding carboxylic acids is 1. The van der Waals surface area contributed by atoms with E-state index in [0.717, 1.165) is 19.3 Å². The molecule has 0 aliphatic heterocycles. The summed E-state index contributed by atoms with van der Waals surface area (Å²) < 4.78 is 5.02. The normalized spacial score (nSPS) is 21.2. The van der Waals surface area contributed by atoms with Gasteiger partial charge in [-0.2, -0.15) is 0 Å². The van der Waals surface area contributed by atoms with Gasteiger partial charge in [0.05, 0.1) is 12.6 Å². The maximum atomic E-state index is 11.2. The van der Waals surface area contributed by atoms with Crippen LogP contribution in [0.4, 0.5) is 0 Å². The first-order valence-corrected chi connectivity index (χ1v) is 5.26. The lowest BCUT2D eigenvalue weighted by Crippen LogP contribution is -2.35. The van der Waals surface area contributed by atoms with Gasteiger partial charge in [0.15, 0.2) is 0 Å². The van der Waals surface area contributed by atoms with E-state index in [1.807, 2.05) is 13.8 Å². The summed E-state index contributed by atoms with van der Waals surface area (Å²) in [6, 6.07) is 0.444. The van der Waals surface area contributed by atoms with E-state index in [0.29, 0.717) is 12.6 Å². The Hall–Kier alpha value is -0.830. The second-order valence-corrected chi connectivity index (χ2v) is 3.90. The maximum Gasteiger partial charge on any atom is 0.320 e. The van der Waals surface area contributed by atoms with E-state index >= 15 is 0 Å². The minimum Gasteiger partial charge on any atom is -0.462 e. The van der Waals surface area contributed by atoms with Gasteiger partial charge >= 0.3 is 5.97 Å². The zero-order valence-electron chi connectivity index (χ0n) is 8.95. The first-order chi connectivity index (χ1) is 6.68. The second-order valence-electron chi connectivity index (χ2n) is 3.90. The second kappa shape index (κ2) is 5.81. The average molecular weight is 197 g/mol. The monoisotopic (exact) mass is 197 g/mol. The summed E-state index contributed by atoms with van der Waals surface area (Å²) in [6.07, 6.45) is 7.58. The molecule has 0 aromatic heterocycles. The Morgan fingerprint density at radius 1 is 1.57 bits per heavy atom. The molecular formula is C11H19NO2. The van der Waals surface area contributed by atoms with E-state index in [2.05, 4.69) is 17.5 Å². The minimum atomic E-state index is -0.158. The van der Waals surface area contributed by atoms with Gasteiger partial charge in [0.25, 0.3) is 0 Å². The van der Waals surface area contributed by atoms with E-state index < -0.39 is 0 Å². The molecule has 0 saturated heterocycles. The molecule has 14 heavy (non-hydrogen) atoms. The number of ether oxygens (including phenoxy) is 1. The fraction of sp³-hybridized carbons (Fsp3) is 0.727. The molecule has 1 unspecified atom stereocenters. The highest BCUT2D eigenvalue weighted by molar-refractivity contribution is 5.71. The maximum absolute atomic E-state index is 11.2. The highest BCUT2D eigenvalue weighted by Crippen LogP contribution is 2.09. The molecule has 0 aromatic carbocycles. The van der Waals surface area contributed by atoms with E-state index in [-0.39, 0.29) is 12.1 Å². The van der Waals surface area contributed by atoms with Crippen LogP contribution in [0, 0.1) is 0 Å². The van der Waals surface area contributed by atoms with Crippen LogP contribution in [-0.2, 0) is 9.53 Å². The standard InChI is InChI=1S/C11H19NO2/c1-9(2)14-11(13)8-12-10-6-4-3-5-7-10/h3-4,9-10,12H,5-8H2,1-2H3. The molecule has 0 saturated carbocycles. The molecule has 0 amide bonds. The number of rotatable bonds is 4. The summed E-state index contributed by atoms with van der Waals surface area (Å²) in [6.45, 7) is 4.05. The number of nitrogens with one attached hydrogen (secondary N) is 1. The van der Waals surface area contributed by atoms with Gasteiger partial charge < -0.3 is 10.1 Å². The molecule has 1 aliphatic carbocycles. The van der Waals surface area contributed by atoms with Crippen LogP contribution in [0.25, 0.3) is 0 Å². The summed E-state index contributed by atoms with van der Waals surface area (Å²) in [5, 5.41) is 3.20. The van der Waals surface area contributed by atoms with Crippen LogP contribution in [0.15, 0.2) is 12.2 Å². The molecule has 0 fully saturated rings. The lowest BCUT2D eigenvalue weighted by Gasteiger charge is -2.19. The van der Waals surface area contributed by atoms with Gasteiger partial charge in [0, 0.05) is 6.04 Å². The summed E-state index contributed by atoms with van der Waals surface area (Å²) in [4.78, 5) is 11.2. The SMILES string of the molecule is CC(C)OC(=O)CNC1CC=CCC1. The summed E-state index contributed by atoms with van der Waals surface area (Å²) in [5.74, 6) is -0.158. The molecular weight excluding hydrogens is 178 g/mol. The Bertz CT molecular complexity index is 211. The highest BCUT2D eigenvalue weighted by atomic mass is 16.5. The van der Waals surface area contributed by atoms with Crippen LogP contribution in [0.5, 0.6) is 0 Å². The summed E-state index contributed by atoms with van der Waals surface area (Å²) >= 11 is 0. The van der Waals surface area contributed by atoms with Gasteiger partial charge in [-0.1, -0.05) is 12.2 Å². The van der Waals surface area contributed by atoms with Crippen molar-refractivity contribution in [2.75, 3.05) is 6.54 Å². The molecule has 3 nitrogen and oxygen atoms in total. The van der Waals surface area contributed by atoms with Crippen LogP contribution in [0.1, 0.15) is 33.1 Å². The third-order valence-electron chi connectivity index (χ3n) is 2.17. The van der Waals surface area contributed by atoms with Gasteiger partial charge in [-0.3, -0.25) is 4.79 Å². The third-order valence-corrected chi connectivity index (χ3v) is 2.17. The number of hydrogen-bond donors (Lipinski definition) is 1. The van der Waals surface area contributed by atoms with Crippen molar-refractivity contribution in [1.82, 2.24) is 5.32 Å². The topological polar surface area (TPSA) is 38.3 Å². The van der Waals surface area contributed by atoms with Crippen LogP contribution in [0.2, 0.25) is 0 Å². The Balaban J connectivity index is 2.13. The Kier molecular flexibility index (Phi) is 4.66. The van der Waals surface area contributed by atoms with Crippen LogP contribution < -0.4 is 5.32 Å². The number of hydrogen-bond acceptors (Lipinski definition) is 3. The Labute approximate surface area is 85.5 Å². The van der Waals surface area contributed by atoms with Crippen molar-refractivity contribution in [1.29, 1.82) is 0 Å². The lowest BCUT2D eigenvalue weighted by molar-refractivity contribution is -0.146. The highest BCUT2D eigenvalue weighted by Gasteiger charge is 2.11. The summed E-state index contributed by atoms with van der Waals surface area (Å²) in [7, 11) is 0. The largest absolute Gasteiger partial charge is 0.462 e. The molecule has 0 spiro atoms. The zero-order valence-corrected chi connectivity index (χ0v) is 8.95. The number of carbonyl (C=O) groups is 1. The average Bonchev–Trinajstić information content (AvgIpc) is 2.15. The van der Waals surface area contributed by atoms with Crippen LogP contribution in [-0.4, -0.2) is 24.7 Å². The van der Waals surface area contributed by atoms with Crippen molar-refractivity contribution in [2.45, 2.75) is 45.3 Å². The molecule has 1 aliphatic rings. The molecule has 0 heterocycles. The predicted molar refractivity (Wildman–Crippen MR) is 56.0 cm³/mol. The van der Waals surface area contributed by atoms with Crippen molar-refractivity contribution >= 4 is 5.97 Å². The molecule has 80 valence electrons. The van der Waals surface area contributed by atoms with Gasteiger partial charge in [0.2, 0.25) is 0 Å². The minimum absolute atomic E-state index is 0.0180. The molecule has 0 aromatic rings. The van der Waals surface area contributed by atoms with Crippen molar-refractivity contribution in [3.8, 4) is 0 Å². The zero-order chi connectivity index (χ0) is 10.4. The fourth-order valence-electron chi connectivity index (χ4n) is 1.51. The number of allylic oxidation sites excluding steroid dienone is 1. The Morgan fingerprint density at radius 3 is 2.93 bits per heavy atom. The fourth-order valence-corrected chi connectivity index (χ4v) is 1.51. The number of esters is 1. The molecule has 1 atom stereocenters. The first-order valence-electron chi connectivity index (χ1n) is 5.26. The van der Waals surface area contributed by atoms with Crippen LogP contribution >= 0.6 is 0 Å². The Morgan fingerprint density at radius 2 is 2.36 bits per heavy atom. The van der Waals surface area contributed by atoms with Gasteiger partial charge in [-0.05, 0) is 33.1 Å². The smallest absolute Gasteiger partial charge is 0.320 e.